The fraction of sp³-hybridized carbons (Fsp3) is 0.333. The largest absolute Gasteiger partial charge is 0.379 e. The third kappa shape index (κ3) is 2.74. The van der Waals surface area contributed by atoms with Gasteiger partial charge in [-0.15, -0.1) is 0 Å². The Morgan fingerprint density at radius 3 is 2.42 bits per heavy atom. The van der Waals surface area contributed by atoms with E-state index in [1.807, 2.05) is 0 Å². The van der Waals surface area contributed by atoms with Crippen molar-refractivity contribution < 1.29 is 4.74 Å². The lowest BCUT2D eigenvalue weighted by atomic mass is 9.93. The summed E-state index contributed by atoms with van der Waals surface area (Å²) in [6.45, 7) is 7.89. The van der Waals surface area contributed by atoms with E-state index < -0.39 is 0 Å². The summed E-state index contributed by atoms with van der Waals surface area (Å²) < 4.78 is 5.59. The van der Waals surface area contributed by atoms with Crippen LogP contribution in [0.3, 0.4) is 0 Å². The van der Waals surface area contributed by atoms with Gasteiger partial charge < -0.3 is 9.72 Å². The van der Waals surface area contributed by atoms with Gasteiger partial charge in [-0.2, -0.15) is 0 Å². The molecule has 1 aromatic heterocycles. The van der Waals surface area contributed by atoms with E-state index in [-0.39, 0.29) is 6.04 Å². The van der Waals surface area contributed by atoms with Crippen LogP contribution in [0.25, 0.3) is 10.9 Å². The lowest BCUT2D eigenvalue weighted by molar-refractivity contribution is 0.0241. The number of fused-ring (bicyclic) bond motifs is 1. The van der Waals surface area contributed by atoms with Gasteiger partial charge in [0.25, 0.3) is 0 Å². The Morgan fingerprint density at radius 1 is 0.958 bits per heavy atom. The molecule has 124 valence electrons. The Balaban J connectivity index is 1.87. The SMILES string of the molecule is Cc1ccc(C(c2c(C)[nH]c3ccccc23)N2CCOCC2)cc1. The van der Waals surface area contributed by atoms with Crippen molar-refractivity contribution in [2.45, 2.75) is 19.9 Å². The summed E-state index contributed by atoms with van der Waals surface area (Å²) in [5.74, 6) is 0. The number of rotatable bonds is 3. The molecule has 1 aliphatic rings. The molecule has 2 aromatic carbocycles. The Hall–Kier alpha value is -2.10. The average Bonchev–Trinajstić information content (AvgIpc) is 2.94. The van der Waals surface area contributed by atoms with Crippen LogP contribution in [-0.4, -0.2) is 36.2 Å². The highest BCUT2D eigenvalue weighted by molar-refractivity contribution is 5.85. The number of benzene rings is 2. The second kappa shape index (κ2) is 6.42. The lowest BCUT2D eigenvalue weighted by Gasteiger charge is -2.35. The highest BCUT2D eigenvalue weighted by Gasteiger charge is 2.28. The second-order valence-electron chi connectivity index (χ2n) is 6.67. The molecule has 2 heterocycles. The molecule has 1 saturated heterocycles. The molecule has 1 aliphatic heterocycles. The van der Waals surface area contributed by atoms with Gasteiger partial charge >= 0.3 is 0 Å². The van der Waals surface area contributed by atoms with Crippen LogP contribution in [0.5, 0.6) is 0 Å². The molecule has 1 fully saturated rings. The first-order valence-electron chi connectivity index (χ1n) is 8.69. The minimum atomic E-state index is 0.269. The zero-order valence-electron chi connectivity index (χ0n) is 14.4. The minimum Gasteiger partial charge on any atom is -0.379 e. The van der Waals surface area contributed by atoms with Crippen molar-refractivity contribution in [3.05, 3.63) is 70.9 Å². The molecule has 4 rings (SSSR count). The summed E-state index contributed by atoms with van der Waals surface area (Å²) in [7, 11) is 0. The molecule has 3 nitrogen and oxygen atoms in total. The van der Waals surface area contributed by atoms with Gasteiger partial charge in [-0.25, -0.2) is 0 Å². The summed E-state index contributed by atoms with van der Waals surface area (Å²) in [6.07, 6.45) is 0. The summed E-state index contributed by atoms with van der Waals surface area (Å²) >= 11 is 0. The fourth-order valence-electron chi connectivity index (χ4n) is 3.80. The molecule has 0 radical (unpaired) electrons. The number of aryl methyl sites for hydroxylation is 2. The van der Waals surface area contributed by atoms with E-state index in [9.17, 15) is 0 Å². The molecule has 3 heteroatoms. The van der Waals surface area contributed by atoms with Crippen LogP contribution in [0, 0.1) is 13.8 Å². The number of aromatic amines is 1. The first kappa shape index (κ1) is 15.4. The summed E-state index contributed by atoms with van der Waals surface area (Å²) in [5.41, 5.74) is 6.53. The number of hydrogen-bond donors (Lipinski definition) is 1. The van der Waals surface area contributed by atoms with E-state index in [1.165, 1.54) is 33.3 Å². The van der Waals surface area contributed by atoms with E-state index >= 15 is 0 Å². The van der Waals surface area contributed by atoms with Gasteiger partial charge in [-0.3, -0.25) is 4.90 Å². The van der Waals surface area contributed by atoms with Crippen LogP contribution in [0.1, 0.15) is 28.4 Å². The molecule has 0 saturated carbocycles. The van der Waals surface area contributed by atoms with Crippen molar-refractivity contribution in [2.75, 3.05) is 26.3 Å². The molecular weight excluding hydrogens is 296 g/mol. The van der Waals surface area contributed by atoms with Gasteiger partial charge in [-0.1, -0.05) is 48.0 Å². The number of hydrogen-bond acceptors (Lipinski definition) is 2. The van der Waals surface area contributed by atoms with Gasteiger partial charge in [-0.05, 0) is 25.5 Å². The second-order valence-corrected chi connectivity index (χ2v) is 6.67. The molecule has 3 aromatic rings. The normalized spacial score (nSPS) is 17.2. The van der Waals surface area contributed by atoms with Crippen molar-refractivity contribution in [3.8, 4) is 0 Å². The third-order valence-corrected chi connectivity index (χ3v) is 5.02. The van der Waals surface area contributed by atoms with Gasteiger partial charge in [0.2, 0.25) is 0 Å². The average molecular weight is 320 g/mol. The van der Waals surface area contributed by atoms with Crippen LogP contribution < -0.4 is 0 Å². The molecule has 1 N–H and O–H groups in total. The molecule has 0 aliphatic carbocycles. The van der Waals surface area contributed by atoms with Crippen LogP contribution >= 0.6 is 0 Å². The first-order chi connectivity index (χ1) is 11.7. The Morgan fingerprint density at radius 2 is 1.67 bits per heavy atom. The maximum absolute atomic E-state index is 5.59. The highest BCUT2D eigenvalue weighted by atomic mass is 16.5. The van der Waals surface area contributed by atoms with E-state index in [0.717, 1.165) is 26.3 Å². The quantitative estimate of drug-likeness (QED) is 0.783. The van der Waals surface area contributed by atoms with Crippen molar-refractivity contribution in [1.82, 2.24) is 9.88 Å². The van der Waals surface area contributed by atoms with Crippen molar-refractivity contribution in [1.29, 1.82) is 0 Å². The number of H-pyrrole nitrogens is 1. The maximum atomic E-state index is 5.59. The smallest absolute Gasteiger partial charge is 0.0627 e. The Labute approximate surface area is 143 Å². The van der Waals surface area contributed by atoms with Crippen LogP contribution in [0.4, 0.5) is 0 Å². The molecule has 1 unspecified atom stereocenters. The van der Waals surface area contributed by atoms with Crippen LogP contribution in [0.2, 0.25) is 0 Å². The predicted octanol–water partition coefficient (Wildman–Crippen LogP) is 4.21. The van der Waals surface area contributed by atoms with Crippen molar-refractivity contribution in [2.24, 2.45) is 0 Å². The lowest BCUT2D eigenvalue weighted by Crippen LogP contribution is -2.39. The number of aromatic nitrogens is 1. The Kier molecular flexibility index (Phi) is 4.13. The Bertz CT molecular complexity index is 829. The topological polar surface area (TPSA) is 28.3 Å². The minimum absolute atomic E-state index is 0.269. The zero-order valence-corrected chi connectivity index (χ0v) is 14.4. The van der Waals surface area contributed by atoms with Crippen molar-refractivity contribution in [3.63, 3.8) is 0 Å². The molecule has 0 spiro atoms. The van der Waals surface area contributed by atoms with Gasteiger partial charge in [0, 0.05) is 35.2 Å². The molecule has 0 amide bonds. The fourth-order valence-corrected chi connectivity index (χ4v) is 3.80. The van der Waals surface area contributed by atoms with Crippen molar-refractivity contribution >= 4 is 10.9 Å². The highest BCUT2D eigenvalue weighted by Crippen LogP contribution is 2.36. The van der Waals surface area contributed by atoms with Gasteiger partial charge in [0.15, 0.2) is 0 Å². The number of nitrogens with zero attached hydrogens (tertiary/aromatic N) is 1. The van der Waals surface area contributed by atoms with Gasteiger partial charge in [0.05, 0.1) is 19.3 Å². The number of para-hydroxylation sites is 1. The van der Waals surface area contributed by atoms with Crippen LogP contribution in [0.15, 0.2) is 48.5 Å². The van der Waals surface area contributed by atoms with E-state index in [0.29, 0.717) is 0 Å². The summed E-state index contributed by atoms with van der Waals surface area (Å²) in [4.78, 5) is 6.12. The summed E-state index contributed by atoms with van der Waals surface area (Å²) in [5, 5.41) is 1.33. The standard InChI is InChI=1S/C21H24N2O/c1-15-7-9-17(10-8-15)21(23-11-13-24-14-12-23)20-16(2)22-19-6-4-3-5-18(19)20/h3-10,21-22H,11-14H2,1-2H3. The third-order valence-electron chi connectivity index (χ3n) is 5.02. The number of nitrogens with one attached hydrogen (secondary N) is 1. The van der Waals surface area contributed by atoms with Gasteiger partial charge in [0.1, 0.15) is 0 Å². The molecule has 0 bridgehead atoms. The molecule has 24 heavy (non-hydrogen) atoms. The van der Waals surface area contributed by atoms with E-state index in [2.05, 4.69) is 72.3 Å². The van der Waals surface area contributed by atoms with E-state index in [1.54, 1.807) is 0 Å². The zero-order chi connectivity index (χ0) is 16.5. The predicted molar refractivity (Wildman–Crippen MR) is 98.4 cm³/mol. The monoisotopic (exact) mass is 320 g/mol. The molecule has 1 atom stereocenters. The van der Waals surface area contributed by atoms with Crippen LogP contribution in [-0.2, 0) is 4.74 Å². The number of morpholine rings is 1. The number of ether oxygens (including phenoxy) is 1. The maximum Gasteiger partial charge on any atom is 0.0627 e. The first-order valence-corrected chi connectivity index (χ1v) is 8.69. The molecular formula is C21H24N2O. The summed E-state index contributed by atoms with van der Waals surface area (Å²) in [6, 6.07) is 17.9. The van der Waals surface area contributed by atoms with E-state index in [4.69, 9.17) is 4.74 Å².